The molecule has 5 N–H and O–H groups in total. The molecule has 50 heavy (non-hydrogen) atoms. The van der Waals surface area contributed by atoms with Gasteiger partial charge in [0.2, 0.25) is 5.91 Å². The molecule has 1 saturated heterocycles. The minimum atomic E-state index is -1.19. The van der Waals surface area contributed by atoms with E-state index in [1.807, 2.05) is 12.1 Å². The molecule has 2 aliphatic carbocycles. The first-order valence-electron chi connectivity index (χ1n) is 17.4. The summed E-state index contributed by atoms with van der Waals surface area (Å²) in [6.45, 7) is 9.58. The smallest absolute Gasteiger partial charge is 0.408 e. The first-order valence-corrected chi connectivity index (χ1v) is 17.4. The normalized spacial score (nSPS) is 21.1. The van der Waals surface area contributed by atoms with Crippen LogP contribution in [0.3, 0.4) is 0 Å². The monoisotopic (exact) mass is 694 g/mol. The molecule has 0 spiro atoms. The molecule has 1 aromatic carbocycles. The molecule has 0 bridgehead atoms. The minimum absolute atomic E-state index is 0.0878. The van der Waals surface area contributed by atoms with E-state index in [4.69, 9.17) is 15.2 Å². The average Bonchev–Trinajstić information content (AvgIpc) is 3.04. The van der Waals surface area contributed by atoms with Gasteiger partial charge in [-0.05, 0) is 109 Å². The van der Waals surface area contributed by atoms with Crippen LogP contribution >= 0.6 is 0 Å². The third kappa shape index (κ3) is 9.52. The molecule has 3 aliphatic rings. The number of alkyl carbamates (subject to hydrolysis) is 1. The van der Waals surface area contributed by atoms with Crippen LogP contribution in [0.4, 0.5) is 20.2 Å². The lowest BCUT2D eigenvalue weighted by Gasteiger charge is -2.38. The first-order chi connectivity index (χ1) is 23.6. The van der Waals surface area contributed by atoms with Crippen LogP contribution in [0.2, 0.25) is 0 Å². The van der Waals surface area contributed by atoms with Crippen molar-refractivity contribution in [2.75, 3.05) is 31.5 Å². The molecule has 1 unspecified atom stereocenters. The molecular weight excluding hydrogens is 644 g/mol. The number of carbonyl (C=O) groups is 4. The zero-order chi connectivity index (χ0) is 36.2. The van der Waals surface area contributed by atoms with Crippen LogP contribution in [0, 0.1) is 0 Å². The average molecular weight is 695 g/mol. The fourth-order valence-corrected chi connectivity index (χ4v) is 6.86. The highest BCUT2D eigenvalue weighted by Crippen LogP contribution is 2.27. The van der Waals surface area contributed by atoms with E-state index < -0.39 is 35.0 Å². The molecule has 15 nitrogen and oxygen atoms in total. The van der Waals surface area contributed by atoms with Crippen molar-refractivity contribution in [2.45, 2.75) is 109 Å². The van der Waals surface area contributed by atoms with Crippen molar-refractivity contribution >= 4 is 29.9 Å². The van der Waals surface area contributed by atoms with Gasteiger partial charge in [-0.1, -0.05) is 6.07 Å². The molecule has 2 aromatic rings. The summed E-state index contributed by atoms with van der Waals surface area (Å²) < 4.78 is 11.9. The van der Waals surface area contributed by atoms with E-state index >= 15 is 0 Å². The summed E-state index contributed by atoms with van der Waals surface area (Å²) in [6, 6.07) is 7.93. The van der Waals surface area contributed by atoms with Crippen molar-refractivity contribution in [3.05, 3.63) is 52.1 Å². The summed E-state index contributed by atoms with van der Waals surface area (Å²) in [6.07, 6.45) is 6.41. The number of hydrogen-bond acceptors (Lipinski definition) is 9. The molecule has 2 fully saturated rings. The Labute approximate surface area is 292 Å². The maximum absolute atomic E-state index is 13.1. The number of carbonyl (C=O) groups excluding carboxylic acids is 4. The van der Waals surface area contributed by atoms with E-state index in [-0.39, 0.29) is 44.0 Å². The molecule has 15 heteroatoms. The number of fused-ring (bicyclic) bond motifs is 1. The third-order valence-corrected chi connectivity index (χ3v) is 9.37. The second-order valence-electron chi connectivity index (χ2n) is 14.9. The maximum Gasteiger partial charge on any atom is 0.408 e. The van der Waals surface area contributed by atoms with E-state index in [1.165, 1.54) is 15.7 Å². The van der Waals surface area contributed by atoms with Gasteiger partial charge in [-0.3, -0.25) is 14.7 Å². The van der Waals surface area contributed by atoms with Crippen molar-refractivity contribution in [2.24, 2.45) is 5.73 Å². The zero-order valence-corrected chi connectivity index (χ0v) is 29.6. The Hall–Kier alpha value is -4.66. The van der Waals surface area contributed by atoms with E-state index in [2.05, 4.69) is 27.0 Å². The fourth-order valence-electron chi connectivity index (χ4n) is 6.86. The van der Waals surface area contributed by atoms with Crippen LogP contribution in [0.25, 0.3) is 5.69 Å². The van der Waals surface area contributed by atoms with Crippen LogP contribution < -0.4 is 27.4 Å². The molecule has 1 saturated carbocycles. The number of urea groups is 1. The Balaban J connectivity index is 1.10. The Morgan fingerprint density at radius 2 is 1.56 bits per heavy atom. The number of primary amides is 1. The summed E-state index contributed by atoms with van der Waals surface area (Å²) >= 11 is 0. The van der Waals surface area contributed by atoms with Crippen molar-refractivity contribution in [1.29, 1.82) is 0 Å². The highest BCUT2D eigenvalue weighted by molar-refractivity contribution is 5.90. The van der Waals surface area contributed by atoms with E-state index in [0.29, 0.717) is 17.8 Å². The van der Waals surface area contributed by atoms with Gasteiger partial charge in [0, 0.05) is 44.5 Å². The Bertz CT molecular complexity index is 1640. The van der Waals surface area contributed by atoms with Gasteiger partial charge in [-0.25, -0.2) is 19.2 Å². The predicted octanol–water partition coefficient (Wildman–Crippen LogP) is 3.07. The number of amides is 5. The van der Waals surface area contributed by atoms with Crippen molar-refractivity contribution in [3.8, 4) is 5.69 Å². The number of benzene rings is 1. The number of nitrogens with two attached hydrogens (primary N) is 1. The van der Waals surface area contributed by atoms with Crippen LogP contribution in [0.5, 0.6) is 0 Å². The van der Waals surface area contributed by atoms with Crippen molar-refractivity contribution in [3.63, 3.8) is 0 Å². The SMILES string of the molecule is CC(C)(C)OC(=O)NC(C)(C)C(=O)N1CCN(C(=O)Nc2ccn(-c3ccc4c(c3)CCC(NC3CCC(OC(N)=O)CC3)C4)c(=O)n2)CC1. The standard InChI is InChI=1S/C35H50N8O7/c1-34(2,3)50-33(48)40-35(4,5)29(44)41-16-18-42(19-17-41)31(46)38-28-14-15-43(32(47)39-28)26-11-7-22-20-25(8-6-23(22)21-26)37-24-9-12-27(13-10-24)49-30(36)45/h7,11,14-15,21,24-25,27,37H,6,8-10,12-13,16-20H2,1-5H3,(H2,36,45)(H,40,48)(H,38,39,46,47). The van der Waals surface area contributed by atoms with Crippen LogP contribution in [-0.4, -0.2) is 99.0 Å². The summed E-state index contributed by atoms with van der Waals surface area (Å²) in [5.41, 5.74) is 5.93. The number of nitrogens with one attached hydrogen (secondary N) is 3. The number of piperazine rings is 1. The van der Waals surface area contributed by atoms with Gasteiger partial charge in [0.1, 0.15) is 23.1 Å². The first kappa shape index (κ1) is 36.6. The number of anilines is 1. The van der Waals surface area contributed by atoms with E-state index in [1.54, 1.807) is 56.7 Å². The molecule has 1 aliphatic heterocycles. The molecule has 5 amide bonds. The fraction of sp³-hybridized carbons (Fsp3) is 0.600. The van der Waals surface area contributed by atoms with Crippen molar-refractivity contribution in [1.82, 2.24) is 30.0 Å². The maximum atomic E-state index is 13.1. The Morgan fingerprint density at radius 1 is 0.880 bits per heavy atom. The number of rotatable bonds is 7. The van der Waals surface area contributed by atoms with Gasteiger partial charge in [-0.2, -0.15) is 4.98 Å². The molecular formula is C35H50N8O7. The topological polar surface area (TPSA) is 190 Å². The molecule has 272 valence electrons. The molecule has 1 aromatic heterocycles. The van der Waals surface area contributed by atoms with E-state index in [0.717, 1.165) is 44.9 Å². The number of nitrogens with zero attached hydrogens (tertiary/aromatic N) is 4. The lowest BCUT2D eigenvalue weighted by atomic mass is 9.86. The van der Waals surface area contributed by atoms with Crippen LogP contribution in [0.1, 0.15) is 77.8 Å². The van der Waals surface area contributed by atoms with Gasteiger partial charge in [0.05, 0.1) is 5.69 Å². The highest BCUT2D eigenvalue weighted by atomic mass is 16.6. The van der Waals surface area contributed by atoms with Crippen LogP contribution in [0.15, 0.2) is 35.3 Å². The van der Waals surface area contributed by atoms with Crippen LogP contribution in [-0.2, 0) is 27.1 Å². The van der Waals surface area contributed by atoms with E-state index in [9.17, 15) is 24.0 Å². The third-order valence-electron chi connectivity index (χ3n) is 9.37. The van der Waals surface area contributed by atoms with Gasteiger partial charge in [0.15, 0.2) is 0 Å². The summed E-state index contributed by atoms with van der Waals surface area (Å²) in [5.74, 6) is -0.139. The van der Waals surface area contributed by atoms with Gasteiger partial charge < -0.3 is 35.6 Å². The summed E-state index contributed by atoms with van der Waals surface area (Å²) in [7, 11) is 0. The molecule has 1 atom stereocenters. The number of aromatic nitrogens is 2. The number of ether oxygens (including phenoxy) is 2. The Morgan fingerprint density at radius 3 is 2.20 bits per heavy atom. The zero-order valence-electron chi connectivity index (χ0n) is 29.6. The predicted molar refractivity (Wildman–Crippen MR) is 186 cm³/mol. The second-order valence-corrected chi connectivity index (χ2v) is 14.9. The Kier molecular flexibility index (Phi) is 11.0. The van der Waals surface area contributed by atoms with Gasteiger partial charge in [-0.15, -0.1) is 0 Å². The summed E-state index contributed by atoms with van der Waals surface area (Å²) in [4.78, 5) is 69.8. The lowest BCUT2D eigenvalue weighted by Crippen LogP contribution is -2.60. The van der Waals surface area contributed by atoms with Gasteiger partial charge >= 0.3 is 23.9 Å². The largest absolute Gasteiger partial charge is 0.446 e. The highest BCUT2D eigenvalue weighted by Gasteiger charge is 2.37. The molecule has 2 heterocycles. The minimum Gasteiger partial charge on any atom is -0.446 e. The van der Waals surface area contributed by atoms with Crippen molar-refractivity contribution < 1.29 is 28.7 Å². The number of hydrogen-bond donors (Lipinski definition) is 4. The number of aryl methyl sites for hydroxylation is 1. The quantitative estimate of drug-likeness (QED) is 0.338. The van der Waals surface area contributed by atoms with Gasteiger partial charge in [0.25, 0.3) is 0 Å². The molecule has 5 rings (SSSR count). The molecule has 0 radical (unpaired) electrons. The summed E-state index contributed by atoms with van der Waals surface area (Å²) in [5, 5.41) is 9.12. The lowest BCUT2D eigenvalue weighted by molar-refractivity contribution is -0.138. The second kappa shape index (κ2) is 15.1.